The molecule has 3 nitrogen and oxygen atoms in total. The van der Waals surface area contributed by atoms with Gasteiger partial charge in [0.25, 0.3) is 0 Å². The van der Waals surface area contributed by atoms with Gasteiger partial charge < -0.3 is 10.3 Å². The number of aromatic nitrogens is 2. The van der Waals surface area contributed by atoms with E-state index in [9.17, 15) is 0 Å². The van der Waals surface area contributed by atoms with E-state index in [0.717, 1.165) is 12.4 Å². The first-order valence-electron chi connectivity index (χ1n) is 5.55. The summed E-state index contributed by atoms with van der Waals surface area (Å²) >= 11 is 0. The van der Waals surface area contributed by atoms with E-state index < -0.39 is 0 Å². The molecule has 1 unspecified atom stereocenters. The number of piperidine rings is 1. The van der Waals surface area contributed by atoms with Crippen molar-refractivity contribution in [2.24, 2.45) is 0 Å². The first-order chi connectivity index (χ1) is 6.77. The third-order valence-corrected chi connectivity index (χ3v) is 2.88. The summed E-state index contributed by atoms with van der Waals surface area (Å²) in [5, 5.41) is 3.49. The molecule has 1 saturated heterocycles. The summed E-state index contributed by atoms with van der Waals surface area (Å²) in [5.41, 5.74) is 1.24. The highest BCUT2D eigenvalue weighted by Crippen LogP contribution is 2.21. The van der Waals surface area contributed by atoms with Crippen molar-refractivity contribution >= 4 is 0 Å². The maximum absolute atomic E-state index is 4.44. The highest BCUT2D eigenvalue weighted by atomic mass is 15.0. The van der Waals surface area contributed by atoms with Gasteiger partial charge in [0.15, 0.2) is 0 Å². The van der Waals surface area contributed by atoms with Crippen molar-refractivity contribution in [1.29, 1.82) is 0 Å². The number of nitrogens with zero attached hydrogens (tertiary/aromatic N) is 1. The molecule has 2 N–H and O–H groups in total. The Morgan fingerprint density at radius 1 is 1.43 bits per heavy atom. The third-order valence-electron chi connectivity index (χ3n) is 2.88. The number of H-pyrrole nitrogens is 1. The van der Waals surface area contributed by atoms with E-state index in [0.29, 0.717) is 12.0 Å². The Morgan fingerprint density at radius 2 is 2.29 bits per heavy atom. The van der Waals surface area contributed by atoms with Crippen LogP contribution in [0.1, 0.15) is 56.6 Å². The Hall–Kier alpha value is -0.830. The Kier molecular flexibility index (Phi) is 2.87. The predicted molar refractivity (Wildman–Crippen MR) is 57.3 cm³/mol. The van der Waals surface area contributed by atoms with E-state index >= 15 is 0 Å². The van der Waals surface area contributed by atoms with E-state index in [1.165, 1.54) is 25.0 Å². The van der Waals surface area contributed by atoms with Crippen molar-refractivity contribution in [3.05, 3.63) is 17.7 Å². The molecule has 0 amide bonds. The number of aromatic amines is 1. The smallest absolute Gasteiger partial charge is 0.123 e. The molecule has 3 heteroatoms. The fourth-order valence-corrected chi connectivity index (χ4v) is 1.91. The lowest BCUT2D eigenvalue weighted by Crippen LogP contribution is -2.27. The van der Waals surface area contributed by atoms with E-state index in [4.69, 9.17) is 0 Å². The van der Waals surface area contributed by atoms with Crippen LogP contribution in [0.2, 0.25) is 0 Å². The molecule has 1 fully saturated rings. The second-order valence-electron chi connectivity index (χ2n) is 4.38. The largest absolute Gasteiger partial charge is 0.344 e. The summed E-state index contributed by atoms with van der Waals surface area (Å²) in [4.78, 5) is 7.85. The van der Waals surface area contributed by atoms with Crippen LogP contribution in [0.25, 0.3) is 0 Å². The second kappa shape index (κ2) is 4.13. The summed E-state index contributed by atoms with van der Waals surface area (Å²) in [5.74, 6) is 1.66. The fourth-order valence-electron chi connectivity index (χ4n) is 1.91. The number of rotatable bonds is 2. The molecule has 1 aliphatic heterocycles. The lowest BCUT2D eigenvalue weighted by atomic mass is 10.0. The number of nitrogens with one attached hydrogen (secondary N) is 2. The Bertz CT molecular complexity index is 284. The van der Waals surface area contributed by atoms with Crippen LogP contribution in [0.4, 0.5) is 0 Å². The normalized spacial score (nSPS) is 22.9. The van der Waals surface area contributed by atoms with Crippen LogP contribution in [-0.2, 0) is 0 Å². The van der Waals surface area contributed by atoms with Gasteiger partial charge in [0.2, 0.25) is 0 Å². The van der Waals surface area contributed by atoms with Gasteiger partial charge in [0, 0.05) is 11.9 Å². The zero-order chi connectivity index (χ0) is 9.97. The van der Waals surface area contributed by atoms with Gasteiger partial charge in [-0.3, -0.25) is 0 Å². The molecule has 0 spiro atoms. The molecule has 1 aromatic rings. The quantitative estimate of drug-likeness (QED) is 0.757. The predicted octanol–water partition coefficient (Wildman–Crippen LogP) is 2.35. The maximum atomic E-state index is 4.44. The molecule has 0 aromatic carbocycles. The molecule has 1 atom stereocenters. The molecule has 1 aromatic heterocycles. The van der Waals surface area contributed by atoms with Crippen LogP contribution in [0.3, 0.4) is 0 Å². The van der Waals surface area contributed by atoms with Crippen LogP contribution in [0.15, 0.2) is 6.20 Å². The van der Waals surface area contributed by atoms with Gasteiger partial charge in [-0.25, -0.2) is 4.98 Å². The Balaban J connectivity index is 2.07. The monoisotopic (exact) mass is 193 g/mol. The topological polar surface area (TPSA) is 40.7 Å². The zero-order valence-corrected chi connectivity index (χ0v) is 9.01. The van der Waals surface area contributed by atoms with Crippen LogP contribution < -0.4 is 5.32 Å². The average Bonchev–Trinajstić information content (AvgIpc) is 2.68. The van der Waals surface area contributed by atoms with E-state index in [1.807, 2.05) is 6.20 Å². The fraction of sp³-hybridized carbons (Fsp3) is 0.727. The lowest BCUT2D eigenvalue weighted by molar-refractivity contribution is 0.399. The Morgan fingerprint density at radius 3 is 2.86 bits per heavy atom. The van der Waals surface area contributed by atoms with E-state index in [-0.39, 0.29) is 0 Å². The molecule has 0 bridgehead atoms. The minimum atomic E-state index is 0.455. The molecule has 78 valence electrons. The van der Waals surface area contributed by atoms with Crippen LogP contribution in [0.5, 0.6) is 0 Å². The minimum Gasteiger partial charge on any atom is -0.344 e. The molecule has 0 saturated carbocycles. The molecular weight excluding hydrogens is 174 g/mol. The first kappa shape index (κ1) is 9.71. The SMILES string of the molecule is CC(C)c1cnc(C2CCCCN2)[nH]1. The second-order valence-corrected chi connectivity index (χ2v) is 4.38. The molecule has 0 aliphatic carbocycles. The lowest BCUT2D eigenvalue weighted by Gasteiger charge is -2.21. The van der Waals surface area contributed by atoms with E-state index in [2.05, 4.69) is 29.1 Å². The summed E-state index contributed by atoms with van der Waals surface area (Å²) < 4.78 is 0. The Labute approximate surface area is 85.3 Å². The van der Waals surface area contributed by atoms with Crippen LogP contribution >= 0.6 is 0 Å². The van der Waals surface area contributed by atoms with Gasteiger partial charge in [0.05, 0.1) is 6.04 Å². The highest BCUT2D eigenvalue weighted by Gasteiger charge is 2.17. The average molecular weight is 193 g/mol. The van der Waals surface area contributed by atoms with Gasteiger partial charge in [-0.2, -0.15) is 0 Å². The third kappa shape index (κ3) is 1.98. The van der Waals surface area contributed by atoms with Crippen LogP contribution in [-0.4, -0.2) is 16.5 Å². The number of imidazole rings is 1. The summed E-state index contributed by atoms with van der Waals surface area (Å²) in [7, 11) is 0. The van der Waals surface area contributed by atoms with Crippen molar-refractivity contribution in [2.45, 2.75) is 45.1 Å². The van der Waals surface area contributed by atoms with E-state index in [1.54, 1.807) is 0 Å². The summed E-state index contributed by atoms with van der Waals surface area (Å²) in [6, 6.07) is 0.455. The first-order valence-corrected chi connectivity index (χ1v) is 5.55. The van der Waals surface area contributed by atoms with Gasteiger partial charge in [-0.1, -0.05) is 20.3 Å². The minimum absolute atomic E-state index is 0.455. The molecule has 1 aliphatic rings. The summed E-state index contributed by atoms with van der Waals surface area (Å²) in [6.07, 6.45) is 5.80. The highest BCUT2D eigenvalue weighted by molar-refractivity contribution is 5.08. The van der Waals surface area contributed by atoms with Crippen LogP contribution in [0, 0.1) is 0 Å². The summed E-state index contributed by atoms with van der Waals surface area (Å²) in [6.45, 7) is 5.50. The molecule has 14 heavy (non-hydrogen) atoms. The van der Waals surface area contributed by atoms with Gasteiger partial charge in [0.1, 0.15) is 5.82 Å². The van der Waals surface area contributed by atoms with Gasteiger partial charge >= 0.3 is 0 Å². The van der Waals surface area contributed by atoms with Crippen molar-refractivity contribution in [3.63, 3.8) is 0 Å². The molecule has 2 heterocycles. The molecule has 0 radical (unpaired) electrons. The van der Waals surface area contributed by atoms with Gasteiger partial charge in [-0.05, 0) is 25.3 Å². The maximum Gasteiger partial charge on any atom is 0.123 e. The number of hydrogen-bond acceptors (Lipinski definition) is 2. The van der Waals surface area contributed by atoms with Crippen molar-refractivity contribution in [2.75, 3.05) is 6.54 Å². The number of hydrogen-bond donors (Lipinski definition) is 2. The van der Waals surface area contributed by atoms with Crippen molar-refractivity contribution < 1.29 is 0 Å². The van der Waals surface area contributed by atoms with Crippen molar-refractivity contribution in [1.82, 2.24) is 15.3 Å². The van der Waals surface area contributed by atoms with Crippen molar-refractivity contribution in [3.8, 4) is 0 Å². The van der Waals surface area contributed by atoms with Gasteiger partial charge in [-0.15, -0.1) is 0 Å². The molecular formula is C11H19N3. The zero-order valence-electron chi connectivity index (χ0n) is 9.01. The molecule has 2 rings (SSSR count). The standard InChI is InChI=1S/C11H19N3/c1-8(2)10-7-13-11(14-10)9-5-3-4-6-12-9/h7-9,12H,3-6H2,1-2H3,(H,13,14).